The normalized spacial score (nSPS) is 21.0. The van der Waals surface area contributed by atoms with E-state index in [0.29, 0.717) is 25.4 Å². The smallest absolute Gasteiger partial charge is 0.227 e. The minimum atomic E-state index is -3.30. The number of benzene rings is 1. The first-order valence-electron chi connectivity index (χ1n) is 8.97. The average molecular weight is 378 g/mol. The Balaban J connectivity index is 1.78. The van der Waals surface area contributed by atoms with Crippen LogP contribution in [0.5, 0.6) is 0 Å². The molecule has 2 aromatic rings. The third-order valence-electron chi connectivity index (χ3n) is 5.29. The van der Waals surface area contributed by atoms with E-state index < -0.39 is 10.0 Å². The highest BCUT2D eigenvalue weighted by molar-refractivity contribution is 7.88. The van der Waals surface area contributed by atoms with Crippen LogP contribution in [0.2, 0.25) is 0 Å². The van der Waals surface area contributed by atoms with E-state index in [2.05, 4.69) is 23.6 Å². The Bertz CT molecular complexity index is 917. The molecule has 6 nitrogen and oxygen atoms in total. The molecule has 0 spiro atoms. The van der Waals surface area contributed by atoms with Crippen molar-refractivity contribution in [1.82, 2.24) is 14.6 Å². The highest BCUT2D eigenvalue weighted by atomic mass is 32.2. The Morgan fingerprint density at radius 1 is 1.31 bits per heavy atom. The van der Waals surface area contributed by atoms with Gasteiger partial charge in [-0.1, -0.05) is 32.0 Å². The number of fused-ring (bicyclic) bond motifs is 1. The van der Waals surface area contributed by atoms with E-state index in [9.17, 15) is 13.2 Å². The van der Waals surface area contributed by atoms with Crippen molar-refractivity contribution in [2.24, 2.45) is 11.8 Å². The van der Waals surface area contributed by atoms with Crippen LogP contribution in [0.15, 0.2) is 24.3 Å². The Morgan fingerprint density at radius 3 is 2.65 bits per heavy atom. The predicted octanol–water partition coefficient (Wildman–Crippen LogP) is 2.05. The van der Waals surface area contributed by atoms with Gasteiger partial charge in [-0.05, 0) is 30.4 Å². The number of para-hydroxylation sites is 1. The molecule has 0 saturated carbocycles. The van der Waals surface area contributed by atoms with Crippen LogP contribution in [0, 0.1) is 18.8 Å². The fourth-order valence-corrected chi connectivity index (χ4v) is 4.73. The fourth-order valence-electron chi connectivity index (χ4n) is 3.93. The lowest BCUT2D eigenvalue weighted by atomic mass is 9.92. The molecule has 7 heteroatoms. The molecule has 1 aliphatic heterocycles. The molecule has 1 aliphatic rings. The van der Waals surface area contributed by atoms with Crippen molar-refractivity contribution in [2.75, 3.05) is 19.3 Å². The van der Waals surface area contributed by atoms with Crippen LogP contribution in [-0.4, -0.2) is 49.6 Å². The van der Waals surface area contributed by atoms with Crippen LogP contribution in [0.4, 0.5) is 0 Å². The Hall–Kier alpha value is -1.86. The van der Waals surface area contributed by atoms with Gasteiger partial charge >= 0.3 is 0 Å². The van der Waals surface area contributed by atoms with E-state index in [1.807, 2.05) is 31.2 Å². The largest absolute Gasteiger partial charge is 0.358 e. The maximum atomic E-state index is 12.9. The summed E-state index contributed by atoms with van der Waals surface area (Å²) in [6.45, 7) is 7.14. The zero-order valence-corrected chi connectivity index (χ0v) is 16.6. The molecule has 0 radical (unpaired) electrons. The van der Waals surface area contributed by atoms with E-state index in [1.165, 1.54) is 6.26 Å². The number of nitrogens with zero attached hydrogens (tertiary/aromatic N) is 1. The van der Waals surface area contributed by atoms with E-state index in [-0.39, 0.29) is 17.9 Å². The quantitative estimate of drug-likeness (QED) is 0.837. The lowest BCUT2D eigenvalue weighted by Gasteiger charge is -2.21. The van der Waals surface area contributed by atoms with Crippen molar-refractivity contribution in [3.05, 3.63) is 35.5 Å². The van der Waals surface area contributed by atoms with Crippen molar-refractivity contribution in [3.8, 4) is 0 Å². The molecule has 1 saturated heterocycles. The first kappa shape index (κ1) is 18.9. The molecule has 3 rings (SSSR count). The van der Waals surface area contributed by atoms with E-state index >= 15 is 0 Å². The summed E-state index contributed by atoms with van der Waals surface area (Å²) in [7, 11) is -3.30. The molecule has 142 valence electrons. The number of carbonyl (C=O) groups excluding carboxylic acids is 1. The Morgan fingerprint density at radius 2 is 2.00 bits per heavy atom. The maximum absolute atomic E-state index is 12.9. The summed E-state index contributed by atoms with van der Waals surface area (Å²) in [5, 5.41) is 1.07. The van der Waals surface area contributed by atoms with Gasteiger partial charge < -0.3 is 9.88 Å². The third-order valence-corrected chi connectivity index (χ3v) is 6.03. The van der Waals surface area contributed by atoms with Gasteiger partial charge in [-0.3, -0.25) is 4.79 Å². The standard InChI is InChI=1S/C19H27N3O3S/c1-12(2)16-10-22(11-18(16)21-26(4,24)25)19(23)9-15-13(3)20-17-8-6-5-7-14(15)17/h5-8,12,16,18,20-21H,9-11H2,1-4H3. The highest BCUT2D eigenvalue weighted by Crippen LogP contribution is 2.27. The Labute approximate surface area is 155 Å². The van der Waals surface area contributed by atoms with Crippen LogP contribution >= 0.6 is 0 Å². The summed E-state index contributed by atoms with van der Waals surface area (Å²) in [4.78, 5) is 18.1. The number of hydrogen-bond donors (Lipinski definition) is 2. The summed E-state index contributed by atoms with van der Waals surface area (Å²) < 4.78 is 26.0. The monoisotopic (exact) mass is 377 g/mol. The number of aryl methyl sites for hydroxylation is 1. The molecule has 0 aliphatic carbocycles. The van der Waals surface area contributed by atoms with Gasteiger partial charge in [0.05, 0.1) is 12.7 Å². The zero-order chi connectivity index (χ0) is 19.1. The number of carbonyl (C=O) groups is 1. The number of sulfonamides is 1. The number of amides is 1. The van der Waals surface area contributed by atoms with E-state index in [0.717, 1.165) is 22.2 Å². The van der Waals surface area contributed by atoms with Gasteiger partial charge in [-0.15, -0.1) is 0 Å². The van der Waals surface area contributed by atoms with Gasteiger partial charge in [0.15, 0.2) is 0 Å². The molecular weight excluding hydrogens is 350 g/mol. The van der Waals surface area contributed by atoms with Crippen molar-refractivity contribution in [1.29, 1.82) is 0 Å². The summed E-state index contributed by atoms with van der Waals surface area (Å²) >= 11 is 0. The van der Waals surface area contributed by atoms with Crippen LogP contribution in [0.3, 0.4) is 0 Å². The third kappa shape index (κ3) is 3.94. The SMILES string of the molecule is Cc1[nH]c2ccccc2c1CC(=O)N1CC(NS(C)(=O)=O)C(C(C)C)C1. The lowest BCUT2D eigenvalue weighted by Crippen LogP contribution is -2.41. The molecule has 1 amide bonds. The minimum absolute atomic E-state index is 0.0429. The molecule has 1 aromatic carbocycles. The number of nitrogens with one attached hydrogen (secondary N) is 2. The first-order chi connectivity index (χ1) is 12.2. The molecule has 2 atom stereocenters. The van der Waals surface area contributed by atoms with Crippen LogP contribution in [0.1, 0.15) is 25.1 Å². The van der Waals surface area contributed by atoms with Crippen molar-refractivity contribution >= 4 is 26.8 Å². The van der Waals surface area contributed by atoms with Crippen LogP contribution in [-0.2, 0) is 21.2 Å². The predicted molar refractivity (Wildman–Crippen MR) is 103 cm³/mol. The molecule has 2 heterocycles. The molecule has 2 N–H and O–H groups in total. The minimum Gasteiger partial charge on any atom is -0.358 e. The molecule has 2 unspecified atom stereocenters. The maximum Gasteiger partial charge on any atom is 0.227 e. The average Bonchev–Trinajstić information content (AvgIpc) is 3.08. The van der Waals surface area contributed by atoms with Gasteiger partial charge in [0.1, 0.15) is 0 Å². The second kappa shape index (κ2) is 7.04. The molecular formula is C19H27N3O3S. The van der Waals surface area contributed by atoms with Crippen molar-refractivity contribution in [2.45, 2.75) is 33.2 Å². The number of hydrogen-bond acceptors (Lipinski definition) is 3. The van der Waals surface area contributed by atoms with Gasteiger partial charge in [0.25, 0.3) is 0 Å². The van der Waals surface area contributed by atoms with Gasteiger partial charge in [-0.25, -0.2) is 13.1 Å². The number of H-pyrrole nitrogens is 1. The number of aromatic nitrogens is 1. The molecule has 1 fully saturated rings. The molecule has 0 bridgehead atoms. The van der Waals surface area contributed by atoms with Gasteiger partial charge in [0.2, 0.25) is 15.9 Å². The number of aromatic amines is 1. The summed E-state index contributed by atoms with van der Waals surface area (Å²) in [5.41, 5.74) is 3.06. The summed E-state index contributed by atoms with van der Waals surface area (Å²) in [6, 6.07) is 7.75. The zero-order valence-electron chi connectivity index (χ0n) is 15.7. The van der Waals surface area contributed by atoms with E-state index in [1.54, 1.807) is 4.90 Å². The lowest BCUT2D eigenvalue weighted by molar-refractivity contribution is -0.129. The summed E-state index contributed by atoms with van der Waals surface area (Å²) in [5.74, 6) is 0.459. The van der Waals surface area contributed by atoms with Gasteiger partial charge in [-0.2, -0.15) is 0 Å². The van der Waals surface area contributed by atoms with E-state index in [4.69, 9.17) is 0 Å². The fraction of sp³-hybridized carbons (Fsp3) is 0.526. The Kier molecular flexibility index (Phi) is 5.12. The van der Waals surface area contributed by atoms with Gasteiger partial charge in [0, 0.05) is 35.7 Å². The van der Waals surface area contributed by atoms with Crippen molar-refractivity contribution in [3.63, 3.8) is 0 Å². The number of rotatable bonds is 5. The second-order valence-electron chi connectivity index (χ2n) is 7.65. The number of likely N-dealkylation sites (tertiary alicyclic amines) is 1. The van der Waals surface area contributed by atoms with Crippen LogP contribution < -0.4 is 4.72 Å². The topological polar surface area (TPSA) is 82.3 Å². The molecule has 1 aromatic heterocycles. The van der Waals surface area contributed by atoms with Crippen LogP contribution in [0.25, 0.3) is 10.9 Å². The molecule has 26 heavy (non-hydrogen) atoms. The first-order valence-corrected chi connectivity index (χ1v) is 10.9. The summed E-state index contributed by atoms with van der Waals surface area (Å²) in [6.07, 6.45) is 1.50. The van der Waals surface area contributed by atoms with Crippen molar-refractivity contribution < 1.29 is 13.2 Å². The second-order valence-corrected chi connectivity index (χ2v) is 9.43. The highest BCUT2D eigenvalue weighted by Gasteiger charge is 2.38.